The van der Waals surface area contributed by atoms with E-state index >= 15 is 0 Å². The first-order chi connectivity index (χ1) is 17.3. The third kappa shape index (κ3) is 6.15. The molecule has 1 amide bonds. The maximum Gasteiger partial charge on any atom is 0.408 e. The lowest BCUT2D eigenvalue weighted by atomic mass is 9.93. The molecule has 0 aliphatic carbocycles. The minimum absolute atomic E-state index is 0.0189. The number of alkyl carbamates (subject to hydrolysis) is 1. The number of hydrogen-bond acceptors (Lipinski definition) is 7. The van der Waals surface area contributed by atoms with Crippen LogP contribution in [0.3, 0.4) is 0 Å². The molecule has 1 unspecified atom stereocenters. The fourth-order valence-corrected chi connectivity index (χ4v) is 4.59. The molecule has 0 spiro atoms. The molecule has 37 heavy (non-hydrogen) atoms. The molecule has 10 nitrogen and oxygen atoms in total. The predicted molar refractivity (Wildman–Crippen MR) is 135 cm³/mol. The standard InChI is InChI=1S/C26H33FN6O4/c1-25(2,3)37-24(36)31-26(4,5)10-8-19-17(13-16(27)14-28-19)20-7-6-11-32(20)21-9-12-33-22(30-21)18(15-29-33)23(34)35/h9,12-15,20H,6-8,10-11H2,1-5H3,(H,31,36)(H,34,35). The number of pyridine rings is 1. The Morgan fingerprint density at radius 1 is 1.24 bits per heavy atom. The largest absolute Gasteiger partial charge is 0.477 e. The maximum absolute atomic E-state index is 14.4. The van der Waals surface area contributed by atoms with Crippen LogP contribution in [-0.2, 0) is 11.2 Å². The average Bonchev–Trinajstić information content (AvgIpc) is 3.43. The molecular weight excluding hydrogens is 479 g/mol. The number of amides is 1. The Morgan fingerprint density at radius 3 is 2.70 bits per heavy atom. The summed E-state index contributed by atoms with van der Waals surface area (Å²) in [6.07, 6.45) is 6.39. The molecule has 3 aromatic heterocycles. The number of rotatable bonds is 7. The van der Waals surface area contributed by atoms with Crippen molar-refractivity contribution in [3.8, 4) is 0 Å². The number of carbonyl (C=O) groups excluding carboxylic acids is 1. The van der Waals surface area contributed by atoms with Crippen molar-refractivity contribution in [2.24, 2.45) is 0 Å². The number of fused-ring (bicyclic) bond motifs is 1. The molecule has 4 rings (SSSR count). The van der Waals surface area contributed by atoms with Gasteiger partial charge in [0.2, 0.25) is 0 Å². The second-order valence-electron chi connectivity index (χ2n) is 11.0. The predicted octanol–water partition coefficient (Wildman–Crippen LogP) is 4.54. The highest BCUT2D eigenvalue weighted by Crippen LogP contribution is 2.37. The van der Waals surface area contributed by atoms with Crippen molar-refractivity contribution in [1.29, 1.82) is 0 Å². The smallest absolute Gasteiger partial charge is 0.408 e. The third-order valence-corrected chi connectivity index (χ3v) is 6.29. The summed E-state index contributed by atoms with van der Waals surface area (Å²) in [4.78, 5) is 34.9. The molecule has 1 atom stereocenters. The van der Waals surface area contributed by atoms with Crippen LogP contribution < -0.4 is 10.2 Å². The molecule has 4 heterocycles. The van der Waals surface area contributed by atoms with Crippen molar-refractivity contribution in [3.63, 3.8) is 0 Å². The van der Waals surface area contributed by atoms with Crippen LogP contribution in [0.1, 0.15) is 81.5 Å². The van der Waals surface area contributed by atoms with Crippen LogP contribution in [0.4, 0.5) is 15.0 Å². The van der Waals surface area contributed by atoms with E-state index < -0.39 is 29.0 Å². The van der Waals surface area contributed by atoms with E-state index in [-0.39, 0.29) is 17.3 Å². The van der Waals surface area contributed by atoms with Crippen molar-refractivity contribution in [1.82, 2.24) is 24.9 Å². The third-order valence-electron chi connectivity index (χ3n) is 6.29. The lowest BCUT2D eigenvalue weighted by Crippen LogP contribution is -2.46. The quantitative estimate of drug-likeness (QED) is 0.473. The van der Waals surface area contributed by atoms with Crippen molar-refractivity contribution < 1.29 is 23.8 Å². The first-order valence-corrected chi connectivity index (χ1v) is 12.3. The summed E-state index contributed by atoms with van der Waals surface area (Å²) in [6, 6.07) is 3.12. The number of hydrogen-bond donors (Lipinski definition) is 2. The number of anilines is 1. The summed E-state index contributed by atoms with van der Waals surface area (Å²) in [6.45, 7) is 9.93. The van der Waals surface area contributed by atoms with E-state index in [1.165, 1.54) is 23.0 Å². The van der Waals surface area contributed by atoms with Gasteiger partial charge >= 0.3 is 12.1 Å². The van der Waals surface area contributed by atoms with Gasteiger partial charge in [-0.15, -0.1) is 0 Å². The minimum atomic E-state index is -1.10. The number of halogens is 1. The van der Waals surface area contributed by atoms with E-state index in [4.69, 9.17) is 4.74 Å². The van der Waals surface area contributed by atoms with Gasteiger partial charge in [0, 0.05) is 24.0 Å². The number of carboxylic acids is 1. The van der Waals surface area contributed by atoms with Crippen molar-refractivity contribution in [3.05, 3.63) is 53.4 Å². The highest BCUT2D eigenvalue weighted by atomic mass is 19.1. The molecule has 1 fully saturated rings. The fourth-order valence-electron chi connectivity index (χ4n) is 4.59. The number of aromatic nitrogens is 4. The number of nitrogens with one attached hydrogen (secondary N) is 1. The second-order valence-corrected chi connectivity index (χ2v) is 11.0. The van der Waals surface area contributed by atoms with Gasteiger partial charge in [0.1, 0.15) is 22.8 Å². The monoisotopic (exact) mass is 512 g/mol. The van der Waals surface area contributed by atoms with E-state index in [1.54, 1.807) is 12.3 Å². The average molecular weight is 513 g/mol. The molecular formula is C26H33FN6O4. The van der Waals surface area contributed by atoms with Gasteiger partial charge in [-0.1, -0.05) is 0 Å². The number of aryl methyl sites for hydroxylation is 1. The highest BCUT2D eigenvalue weighted by molar-refractivity contribution is 5.94. The summed E-state index contributed by atoms with van der Waals surface area (Å²) >= 11 is 0. The molecule has 0 radical (unpaired) electrons. The van der Waals surface area contributed by atoms with Gasteiger partial charge in [-0.05, 0) is 78.0 Å². The van der Waals surface area contributed by atoms with Gasteiger partial charge < -0.3 is 20.1 Å². The lowest BCUT2D eigenvalue weighted by molar-refractivity contribution is 0.0467. The van der Waals surface area contributed by atoms with Gasteiger partial charge in [-0.2, -0.15) is 5.10 Å². The van der Waals surface area contributed by atoms with Crippen molar-refractivity contribution >= 4 is 23.5 Å². The topological polar surface area (TPSA) is 122 Å². The summed E-state index contributed by atoms with van der Waals surface area (Å²) < 4.78 is 21.2. The Balaban J connectivity index is 1.57. The molecule has 0 bridgehead atoms. The van der Waals surface area contributed by atoms with Crippen molar-refractivity contribution in [2.75, 3.05) is 11.4 Å². The molecule has 1 aliphatic heterocycles. The minimum Gasteiger partial charge on any atom is -0.477 e. The van der Waals surface area contributed by atoms with Crippen LogP contribution in [-0.4, -0.2) is 54.4 Å². The lowest BCUT2D eigenvalue weighted by Gasteiger charge is -2.30. The molecule has 198 valence electrons. The van der Waals surface area contributed by atoms with E-state index in [9.17, 15) is 19.1 Å². The molecule has 1 saturated heterocycles. The van der Waals surface area contributed by atoms with Gasteiger partial charge in [-0.3, -0.25) is 4.98 Å². The maximum atomic E-state index is 14.4. The van der Waals surface area contributed by atoms with Crippen LogP contribution in [0.5, 0.6) is 0 Å². The zero-order valence-corrected chi connectivity index (χ0v) is 21.8. The Labute approximate surface area is 214 Å². The Hall–Kier alpha value is -3.76. The summed E-state index contributed by atoms with van der Waals surface area (Å²) in [7, 11) is 0. The normalized spacial score (nSPS) is 16.3. The van der Waals surface area contributed by atoms with Crippen LogP contribution >= 0.6 is 0 Å². The van der Waals surface area contributed by atoms with E-state index in [0.29, 0.717) is 25.2 Å². The molecule has 11 heteroatoms. The number of nitrogens with zero attached hydrogens (tertiary/aromatic N) is 5. The summed E-state index contributed by atoms with van der Waals surface area (Å²) in [5.41, 5.74) is 0.603. The van der Waals surface area contributed by atoms with E-state index in [1.807, 2.05) is 34.6 Å². The number of carbonyl (C=O) groups is 2. The van der Waals surface area contributed by atoms with Crippen LogP contribution in [0.2, 0.25) is 0 Å². The number of carboxylic acid groups (broad SMARTS) is 1. The SMILES string of the molecule is CC(C)(CCc1ncc(F)cc1C1CCCN1c1ccn2ncc(C(=O)O)c2n1)NC(=O)OC(C)(C)C. The first-order valence-electron chi connectivity index (χ1n) is 12.3. The molecule has 0 aromatic carbocycles. The Morgan fingerprint density at radius 2 is 2.00 bits per heavy atom. The Kier molecular flexibility index (Phi) is 7.07. The van der Waals surface area contributed by atoms with E-state index in [2.05, 4.69) is 25.3 Å². The van der Waals surface area contributed by atoms with Gasteiger partial charge in [0.15, 0.2) is 5.65 Å². The summed E-state index contributed by atoms with van der Waals surface area (Å²) in [5, 5.41) is 16.4. The van der Waals surface area contributed by atoms with Gasteiger partial charge in [-0.25, -0.2) is 23.5 Å². The van der Waals surface area contributed by atoms with E-state index in [0.717, 1.165) is 24.1 Å². The van der Waals surface area contributed by atoms with Crippen LogP contribution in [0, 0.1) is 5.82 Å². The zero-order chi connectivity index (χ0) is 27.0. The molecule has 3 aromatic rings. The van der Waals surface area contributed by atoms with Crippen molar-refractivity contribution in [2.45, 2.75) is 77.5 Å². The molecule has 1 aliphatic rings. The second kappa shape index (κ2) is 9.95. The molecule has 0 saturated carbocycles. The van der Waals surface area contributed by atoms with Gasteiger partial charge in [0.25, 0.3) is 0 Å². The van der Waals surface area contributed by atoms with Crippen LogP contribution in [0.15, 0.2) is 30.7 Å². The summed E-state index contributed by atoms with van der Waals surface area (Å²) in [5.74, 6) is -0.930. The fraction of sp³-hybridized carbons (Fsp3) is 0.500. The molecule has 2 N–H and O–H groups in total. The van der Waals surface area contributed by atoms with Crippen LogP contribution in [0.25, 0.3) is 5.65 Å². The number of ether oxygens (including phenoxy) is 1. The number of aromatic carboxylic acids is 1. The zero-order valence-electron chi connectivity index (χ0n) is 21.8. The highest BCUT2D eigenvalue weighted by Gasteiger charge is 2.31. The van der Waals surface area contributed by atoms with Gasteiger partial charge in [0.05, 0.1) is 18.4 Å². The first kappa shape index (κ1) is 26.3. The Bertz CT molecular complexity index is 1320.